The SMILES string of the molecule is CCCc1ccc(NC(=S)N[C@@H]2CCCC[C@@H]2C)cc1. The molecule has 0 bridgehead atoms. The molecule has 0 heterocycles. The fourth-order valence-electron chi connectivity index (χ4n) is 2.91. The first-order valence-corrected chi connectivity index (χ1v) is 8.26. The summed E-state index contributed by atoms with van der Waals surface area (Å²) in [6.45, 7) is 4.52. The van der Waals surface area contributed by atoms with Gasteiger partial charge in [-0.3, -0.25) is 0 Å². The molecule has 3 heteroatoms. The molecule has 0 amide bonds. The van der Waals surface area contributed by atoms with E-state index in [-0.39, 0.29) is 0 Å². The van der Waals surface area contributed by atoms with Crippen LogP contribution in [-0.4, -0.2) is 11.2 Å². The Morgan fingerprint density at radius 3 is 2.55 bits per heavy atom. The van der Waals surface area contributed by atoms with Gasteiger partial charge < -0.3 is 10.6 Å². The molecule has 0 spiro atoms. The summed E-state index contributed by atoms with van der Waals surface area (Å²) in [4.78, 5) is 0. The van der Waals surface area contributed by atoms with Crippen LogP contribution in [0.2, 0.25) is 0 Å². The van der Waals surface area contributed by atoms with Crippen LogP contribution < -0.4 is 10.6 Å². The topological polar surface area (TPSA) is 24.1 Å². The van der Waals surface area contributed by atoms with Crippen LogP contribution >= 0.6 is 12.2 Å². The van der Waals surface area contributed by atoms with Gasteiger partial charge in [-0.2, -0.15) is 0 Å². The molecule has 1 aromatic carbocycles. The van der Waals surface area contributed by atoms with Crippen LogP contribution in [-0.2, 0) is 6.42 Å². The molecule has 1 aliphatic rings. The van der Waals surface area contributed by atoms with Crippen molar-refractivity contribution in [3.05, 3.63) is 29.8 Å². The predicted octanol–water partition coefficient (Wildman–Crippen LogP) is 4.50. The quantitative estimate of drug-likeness (QED) is 0.798. The smallest absolute Gasteiger partial charge is 0.171 e. The van der Waals surface area contributed by atoms with Crippen LogP contribution in [0.5, 0.6) is 0 Å². The minimum atomic E-state index is 0.531. The monoisotopic (exact) mass is 290 g/mol. The van der Waals surface area contributed by atoms with Crippen molar-refractivity contribution in [3.8, 4) is 0 Å². The Balaban J connectivity index is 1.84. The first-order chi connectivity index (χ1) is 9.69. The summed E-state index contributed by atoms with van der Waals surface area (Å²) in [5.74, 6) is 0.718. The predicted molar refractivity (Wildman–Crippen MR) is 91.2 cm³/mol. The van der Waals surface area contributed by atoms with Gasteiger partial charge in [-0.25, -0.2) is 0 Å². The minimum Gasteiger partial charge on any atom is -0.359 e. The van der Waals surface area contributed by atoms with Gasteiger partial charge in [0.15, 0.2) is 5.11 Å². The van der Waals surface area contributed by atoms with Crippen molar-refractivity contribution >= 4 is 23.0 Å². The first-order valence-electron chi connectivity index (χ1n) is 7.85. The van der Waals surface area contributed by atoms with Gasteiger partial charge in [0, 0.05) is 11.7 Å². The second-order valence-electron chi connectivity index (χ2n) is 5.91. The molecule has 2 N–H and O–H groups in total. The molecule has 0 aromatic heterocycles. The summed E-state index contributed by atoms with van der Waals surface area (Å²) >= 11 is 5.43. The lowest BCUT2D eigenvalue weighted by molar-refractivity contribution is 0.309. The van der Waals surface area contributed by atoms with E-state index in [9.17, 15) is 0 Å². The fraction of sp³-hybridized carbons (Fsp3) is 0.588. The molecule has 0 aliphatic heterocycles. The van der Waals surface area contributed by atoms with E-state index in [0.717, 1.165) is 23.1 Å². The maximum atomic E-state index is 5.43. The summed E-state index contributed by atoms with van der Waals surface area (Å²) in [5, 5.41) is 7.53. The second kappa shape index (κ2) is 7.63. The Hall–Kier alpha value is -1.09. The molecule has 2 atom stereocenters. The van der Waals surface area contributed by atoms with Crippen molar-refractivity contribution in [3.63, 3.8) is 0 Å². The average molecular weight is 290 g/mol. The minimum absolute atomic E-state index is 0.531. The lowest BCUT2D eigenvalue weighted by Gasteiger charge is -2.30. The molecule has 0 radical (unpaired) electrons. The molecule has 0 unspecified atom stereocenters. The van der Waals surface area contributed by atoms with Gasteiger partial charge in [-0.1, -0.05) is 45.2 Å². The van der Waals surface area contributed by atoms with Gasteiger partial charge in [-0.15, -0.1) is 0 Å². The van der Waals surface area contributed by atoms with E-state index < -0.39 is 0 Å². The largest absolute Gasteiger partial charge is 0.359 e. The van der Waals surface area contributed by atoms with Gasteiger partial charge >= 0.3 is 0 Å². The van der Waals surface area contributed by atoms with E-state index in [2.05, 4.69) is 48.7 Å². The fourth-order valence-corrected chi connectivity index (χ4v) is 3.18. The summed E-state index contributed by atoms with van der Waals surface area (Å²) in [6, 6.07) is 9.12. The molecule has 2 nitrogen and oxygen atoms in total. The highest BCUT2D eigenvalue weighted by molar-refractivity contribution is 7.80. The number of hydrogen-bond acceptors (Lipinski definition) is 1. The maximum absolute atomic E-state index is 5.43. The Labute approximate surface area is 128 Å². The van der Waals surface area contributed by atoms with Crippen LogP contribution in [0.1, 0.15) is 51.5 Å². The van der Waals surface area contributed by atoms with Crippen LogP contribution in [0.15, 0.2) is 24.3 Å². The highest BCUT2D eigenvalue weighted by Gasteiger charge is 2.21. The number of benzene rings is 1. The third-order valence-corrected chi connectivity index (χ3v) is 4.40. The molecule has 1 fully saturated rings. The molecular weight excluding hydrogens is 264 g/mol. The zero-order valence-corrected chi connectivity index (χ0v) is 13.4. The zero-order chi connectivity index (χ0) is 14.4. The number of rotatable bonds is 4. The van der Waals surface area contributed by atoms with E-state index in [4.69, 9.17) is 12.2 Å². The van der Waals surface area contributed by atoms with Crippen molar-refractivity contribution in [1.29, 1.82) is 0 Å². The number of anilines is 1. The Morgan fingerprint density at radius 2 is 1.90 bits per heavy atom. The lowest BCUT2D eigenvalue weighted by atomic mass is 9.86. The molecule has 2 rings (SSSR count). The van der Waals surface area contributed by atoms with Gasteiger partial charge in [0.2, 0.25) is 0 Å². The van der Waals surface area contributed by atoms with Gasteiger partial charge in [0.1, 0.15) is 0 Å². The van der Waals surface area contributed by atoms with Crippen LogP contribution in [0.25, 0.3) is 0 Å². The molecule has 1 aromatic rings. The molecule has 0 saturated heterocycles. The third kappa shape index (κ3) is 4.48. The lowest BCUT2D eigenvalue weighted by Crippen LogP contribution is -2.43. The van der Waals surface area contributed by atoms with E-state index in [1.165, 1.54) is 37.7 Å². The van der Waals surface area contributed by atoms with Gasteiger partial charge in [0.05, 0.1) is 0 Å². The number of hydrogen-bond donors (Lipinski definition) is 2. The number of thiocarbonyl (C=S) groups is 1. The summed E-state index contributed by atoms with van der Waals surface area (Å²) in [7, 11) is 0. The van der Waals surface area contributed by atoms with E-state index in [1.54, 1.807) is 0 Å². The molecule has 110 valence electrons. The van der Waals surface area contributed by atoms with E-state index >= 15 is 0 Å². The Morgan fingerprint density at radius 1 is 1.20 bits per heavy atom. The standard InChI is InChI=1S/C17H26N2S/c1-3-6-14-9-11-15(12-10-14)18-17(20)19-16-8-5-4-7-13(16)2/h9-13,16H,3-8H2,1-2H3,(H2,18,19,20)/t13-,16+/m0/s1. The summed E-state index contributed by atoms with van der Waals surface area (Å²) in [6.07, 6.45) is 7.55. The van der Waals surface area contributed by atoms with Crippen LogP contribution in [0.3, 0.4) is 0 Å². The molecular formula is C17H26N2S. The van der Waals surface area contributed by atoms with Crippen LogP contribution in [0, 0.1) is 5.92 Å². The van der Waals surface area contributed by atoms with Gasteiger partial charge in [-0.05, 0) is 55.1 Å². The normalized spacial score (nSPS) is 22.3. The highest BCUT2D eigenvalue weighted by atomic mass is 32.1. The summed E-state index contributed by atoms with van der Waals surface area (Å²) < 4.78 is 0. The number of aryl methyl sites for hydroxylation is 1. The molecule has 1 saturated carbocycles. The zero-order valence-electron chi connectivity index (χ0n) is 12.6. The van der Waals surface area contributed by atoms with Crippen molar-refractivity contribution in [2.24, 2.45) is 5.92 Å². The maximum Gasteiger partial charge on any atom is 0.171 e. The first kappa shape index (κ1) is 15.3. The Kier molecular flexibility index (Phi) is 5.84. The molecule has 1 aliphatic carbocycles. The number of nitrogens with one attached hydrogen (secondary N) is 2. The van der Waals surface area contributed by atoms with Gasteiger partial charge in [0.25, 0.3) is 0 Å². The van der Waals surface area contributed by atoms with Crippen LogP contribution in [0.4, 0.5) is 5.69 Å². The molecule has 20 heavy (non-hydrogen) atoms. The van der Waals surface area contributed by atoms with Crippen molar-refractivity contribution in [2.75, 3.05) is 5.32 Å². The van der Waals surface area contributed by atoms with E-state index in [0.29, 0.717) is 6.04 Å². The Bertz CT molecular complexity index is 427. The summed E-state index contributed by atoms with van der Waals surface area (Å²) in [5.41, 5.74) is 2.46. The van der Waals surface area contributed by atoms with E-state index in [1.807, 2.05) is 0 Å². The van der Waals surface area contributed by atoms with Crippen molar-refractivity contribution in [1.82, 2.24) is 5.32 Å². The average Bonchev–Trinajstić information content (AvgIpc) is 2.44. The highest BCUT2D eigenvalue weighted by Crippen LogP contribution is 2.23. The van der Waals surface area contributed by atoms with Crippen molar-refractivity contribution < 1.29 is 0 Å². The second-order valence-corrected chi connectivity index (χ2v) is 6.32. The third-order valence-electron chi connectivity index (χ3n) is 4.18. The van der Waals surface area contributed by atoms with Crippen molar-refractivity contribution in [2.45, 2.75) is 58.4 Å².